The highest BCUT2D eigenvalue weighted by atomic mass is 32.1. The van der Waals surface area contributed by atoms with Crippen LogP contribution in [0.15, 0.2) is 26.1 Å². The van der Waals surface area contributed by atoms with Crippen molar-refractivity contribution in [2.75, 3.05) is 6.54 Å². The number of nitrogens with one attached hydrogen (secondary N) is 1. The molecule has 2 N–H and O–H groups in total. The van der Waals surface area contributed by atoms with Crippen LogP contribution in [0.2, 0.25) is 0 Å². The number of nitrogens with zero attached hydrogens (tertiary/aromatic N) is 4. The zero-order valence-corrected chi connectivity index (χ0v) is 11.5. The second-order valence-corrected chi connectivity index (χ2v) is 5.51. The maximum Gasteiger partial charge on any atom is 0.331 e. The fourth-order valence-corrected chi connectivity index (χ4v) is 3.33. The summed E-state index contributed by atoms with van der Waals surface area (Å²) in [6, 6.07) is 1.62. The van der Waals surface area contributed by atoms with Crippen molar-refractivity contribution in [1.29, 1.82) is 0 Å². The second-order valence-electron chi connectivity index (χ2n) is 4.61. The second kappa shape index (κ2) is 5.34. The summed E-state index contributed by atoms with van der Waals surface area (Å²) < 4.78 is 6.91. The standard InChI is InChI=1S/C11H11N5O4S/c12-15-13-4-7-6(17)3-8(20-7)16-10-5(1-2-21-10)9(18)14-11(16)19/h1-2,6-8,17H,3-4H2,(H,14,18,19)/t6-,7+,8+/m0/s1. The molecule has 10 heteroatoms. The van der Waals surface area contributed by atoms with Crippen LogP contribution in [0.3, 0.4) is 0 Å². The first-order chi connectivity index (χ1) is 10.1. The third kappa shape index (κ3) is 2.34. The summed E-state index contributed by atoms with van der Waals surface area (Å²) in [6.07, 6.45) is -2.02. The van der Waals surface area contributed by atoms with Crippen molar-refractivity contribution in [3.63, 3.8) is 0 Å². The summed E-state index contributed by atoms with van der Waals surface area (Å²) in [7, 11) is 0. The van der Waals surface area contributed by atoms with Crippen LogP contribution in [0.1, 0.15) is 12.6 Å². The molecule has 0 aromatic carbocycles. The van der Waals surface area contributed by atoms with E-state index in [9.17, 15) is 14.7 Å². The Morgan fingerprint density at radius 1 is 1.62 bits per heavy atom. The number of hydrogen-bond donors (Lipinski definition) is 2. The first-order valence-corrected chi connectivity index (χ1v) is 7.06. The molecule has 1 aliphatic rings. The maximum atomic E-state index is 12.0. The van der Waals surface area contributed by atoms with Gasteiger partial charge < -0.3 is 9.84 Å². The largest absolute Gasteiger partial charge is 0.390 e. The van der Waals surface area contributed by atoms with E-state index in [0.29, 0.717) is 10.2 Å². The summed E-state index contributed by atoms with van der Waals surface area (Å²) in [6.45, 7) is -0.0140. The van der Waals surface area contributed by atoms with Crippen molar-refractivity contribution in [2.45, 2.75) is 24.9 Å². The fraction of sp³-hybridized carbons (Fsp3) is 0.455. The van der Waals surface area contributed by atoms with Crippen molar-refractivity contribution in [2.24, 2.45) is 5.11 Å². The number of rotatable bonds is 3. The van der Waals surface area contributed by atoms with Crippen LogP contribution >= 0.6 is 11.3 Å². The van der Waals surface area contributed by atoms with Gasteiger partial charge in [0.1, 0.15) is 11.1 Å². The highest BCUT2D eigenvalue weighted by Crippen LogP contribution is 2.30. The minimum absolute atomic E-state index is 0.0140. The number of H-pyrrole nitrogens is 1. The van der Waals surface area contributed by atoms with Gasteiger partial charge in [0.25, 0.3) is 5.56 Å². The molecular formula is C11H11N5O4S. The molecule has 0 spiro atoms. The van der Waals surface area contributed by atoms with Crippen LogP contribution in [0.5, 0.6) is 0 Å². The summed E-state index contributed by atoms with van der Waals surface area (Å²) >= 11 is 1.25. The lowest BCUT2D eigenvalue weighted by Gasteiger charge is -2.15. The van der Waals surface area contributed by atoms with Gasteiger partial charge in [-0.25, -0.2) is 4.79 Å². The van der Waals surface area contributed by atoms with Gasteiger partial charge in [0, 0.05) is 11.3 Å². The molecule has 3 rings (SSSR count). The topological polar surface area (TPSA) is 133 Å². The predicted molar refractivity (Wildman–Crippen MR) is 75.3 cm³/mol. The van der Waals surface area contributed by atoms with Gasteiger partial charge >= 0.3 is 5.69 Å². The smallest absolute Gasteiger partial charge is 0.331 e. The highest BCUT2D eigenvalue weighted by molar-refractivity contribution is 7.16. The molecule has 1 aliphatic heterocycles. The maximum absolute atomic E-state index is 12.0. The molecule has 0 bridgehead atoms. The van der Waals surface area contributed by atoms with Crippen LogP contribution < -0.4 is 11.2 Å². The molecule has 110 valence electrons. The van der Waals surface area contributed by atoms with E-state index in [2.05, 4.69) is 15.0 Å². The summed E-state index contributed by atoms with van der Waals surface area (Å²) in [5.41, 5.74) is 7.28. The van der Waals surface area contributed by atoms with E-state index in [-0.39, 0.29) is 13.0 Å². The van der Waals surface area contributed by atoms with Crippen LogP contribution in [0, 0.1) is 0 Å². The van der Waals surface area contributed by atoms with Crippen LogP contribution in [0.4, 0.5) is 0 Å². The first kappa shape index (κ1) is 13.8. The Kier molecular flexibility index (Phi) is 3.52. The lowest BCUT2D eigenvalue weighted by atomic mass is 10.2. The number of thiophene rings is 1. The number of azide groups is 1. The average Bonchev–Trinajstić information content (AvgIpc) is 3.04. The van der Waals surface area contributed by atoms with E-state index in [1.807, 2.05) is 0 Å². The minimum atomic E-state index is -0.839. The van der Waals surface area contributed by atoms with Gasteiger partial charge in [0.2, 0.25) is 0 Å². The zero-order valence-electron chi connectivity index (χ0n) is 10.7. The molecule has 21 heavy (non-hydrogen) atoms. The van der Waals surface area contributed by atoms with E-state index >= 15 is 0 Å². The van der Waals surface area contributed by atoms with Crippen LogP contribution in [0.25, 0.3) is 20.7 Å². The van der Waals surface area contributed by atoms with Gasteiger partial charge in [0.15, 0.2) is 0 Å². The molecule has 0 unspecified atom stereocenters. The lowest BCUT2D eigenvalue weighted by Crippen LogP contribution is -2.32. The van der Waals surface area contributed by atoms with E-state index < -0.39 is 29.7 Å². The molecule has 3 atom stereocenters. The molecular weight excluding hydrogens is 298 g/mol. The third-order valence-electron chi connectivity index (χ3n) is 3.36. The molecule has 1 saturated heterocycles. The van der Waals surface area contributed by atoms with Crippen molar-refractivity contribution in [1.82, 2.24) is 9.55 Å². The molecule has 0 radical (unpaired) electrons. The Labute approximate surface area is 121 Å². The number of aliphatic hydroxyl groups excluding tert-OH is 1. The molecule has 0 aliphatic carbocycles. The number of aromatic amines is 1. The van der Waals surface area contributed by atoms with E-state index in [4.69, 9.17) is 10.3 Å². The fourth-order valence-electron chi connectivity index (χ4n) is 2.39. The van der Waals surface area contributed by atoms with Crippen molar-refractivity contribution < 1.29 is 9.84 Å². The van der Waals surface area contributed by atoms with E-state index in [1.165, 1.54) is 15.9 Å². The molecule has 0 saturated carbocycles. The van der Waals surface area contributed by atoms with Gasteiger partial charge in [0.05, 0.1) is 24.1 Å². The molecule has 0 amide bonds. The monoisotopic (exact) mass is 309 g/mol. The summed E-state index contributed by atoms with van der Waals surface area (Å²) in [5, 5.41) is 15.4. The number of hydrogen-bond acceptors (Lipinski definition) is 6. The van der Waals surface area contributed by atoms with Gasteiger partial charge in [-0.1, -0.05) is 5.11 Å². The number of ether oxygens (including phenoxy) is 1. The van der Waals surface area contributed by atoms with Crippen molar-refractivity contribution in [3.05, 3.63) is 42.7 Å². The molecule has 3 heterocycles. The van der Waals surface area contributed by atoms with E-state index in [1.54, 1.807) is 11.4 Å². The Hall–Kier alpha value is -2.13. The third-order valence-corrected chi connectivity index (χ3v) is 4.28. The molecule has 9 nitrogen and oxygen atoms in total. The Bertz CT molecular complexity index is 833. The Morgan fingerprint density at radius 2 is 2.43 bits per heavy atom. The molecule has 2 aromatic heterocycles. The van der Waals surface area contributed by atoms with Gasteiger partial charge in [-0.3, -0.25) is 14.3 Å². The van der Waals surface area contributed by atoms with Crippen molar-refractivity contribution in [3.8, 4) is 0 Å². The van der Waals surface area contributed by atoms with Gasteiger partial charge in [-0.05, 0) is 17.0 Å². The normalized spacial score (nSPS) is 25.1. The van der Waals surface area contributed by atoms with Crippen molar-refractivity contribution >= 4 is 21.6 Å². The number of aliphatic hydroxyl groups is 1. The summed E-state index contributed by atoms with van der Waals surface area (Å²) in [4.78, 5) is 29.1. The Balaban J connectivity index is 2.02. The highest BCUT2D eigenvalue weighted by Gasteiger charge is 2.35. The number of fused-ring (bicyclic) bond motifs is 1. The Morgan fingerprint density at radius 3 is 3.19 bits per heavy atom. The van der Waals surface area contributed by atoms with Gasteiger partial charge in [-0.15, -0.1) is 11.3 Å². The predicted octanol–water partition coefficient (Wildman–Crippen LogP) is 0.710. The zero-order chi connectivity index (χ0) is 15.0. The quantitative estimate of drug-likeness (QED) is 0.490. The van der Waals surface area contributed by atoms with Gasteiger partial charge in [-0.2, -0.15) is 0 Å². The molecule has 1 fully saturated rings. The summed E-state index contributed by atoms with van der Waals surface area (Å²) in [5.74, 6) is 0. The first-order valence-electron chi connectivity index (χ1n) is 6.18. The average molecular weight is 309 g/mol. The SMILES string of the molecule is [N-]=[N+]=NC[C@H]1O[C@@H](n2c(=O)[nH]c(=O)c3ccsc32)C[C@@H]1O. The van der Waals surface area contributed by atoms with E-state index in [0.717, 1.165) is 0 Å². The molecule has 2 aromatic rings. The lowest BCUT2D eigenvalue weighted by molar-refractivity contribution is -0.0128. The van der Waals surface area contributed by atoms with Crippen LogP contribution in [-0.4, -0.2) is 33.4 Å². The number of aromatic nitrogens is 2. The minimum Gasteiger partial charge on any atom is -0.390 e. The van der Waals surface area contributed by atoms with Crippen LogP contribution in [-0.2, 0) is 4.74 Å².